The average Bonchev–Trinajstić information content (AvgIpc) is 3.07. The van der Waals surface area contributed by atoms with Crippen LogP contribution in [0.15, 0.2) is 22.7 Å². The average molecular weight is 313 g/mol. The Hall–Kier alpha value is -1.10. The largest absolute Gasteiger partial charge is 0.384 e. The molecule has 0 spiro atoms. The van der Waals surface area contributed by atoms with Crippen LogP contribution < -0.4 is 0 Å². The second-order valence-corrected chi connectivity index (χ2v) is 5.82. The summed E-state index contributed by atoms with van der Waals surface area (Å²) in [6, 6.07) is 5.63. The molecule has 0 radical (unpaired) electrons. The number of aromatic nitrogens is 2. The standard InChI is InChI=1S/C14H14Cl2N2O2/c1-19-3-2-13-17-14(20-18-13)12-7-11(12)8-4-9(15)6-10(16)5-8/h4-6,11-12H,2-3,7H2,1H3/t11-,12-/m0/s1. The van der Waals surface area contributed by atoms with Gasteiger partial charge in [0, 0.05) is 29.5 Å². The number of benzene rings is 1. The van der Waals surface area contributed by atoms with Crippen LogP contribution in [-0.2, 0) is 11.2 Å². The first-order valence-electron chi connectivity index (χ1n) is 6.45. The van der Waals surface area contributed by atoms with Gasteiger partial charge in [0.25, 0.3) is 0 Å². The molecule has 1 saturated carbocycles. The zero-order chi connectivity index (χ0) is 14.1. The van der Waals surface area contributed by atoms with E-state index in [1.165, 1.54) is 0 Å². The molecule has 2 atom stereocenters. The quantitative estimate of drug-likeness (QED) is 0.841. The maximum Gasteiger partial charge on any atom is 0.230 e. The third-order valence-corrected chi connectivity index (χ3v) is 3.87. The summed E-state index contributed by atoms with van der Waals surface area (Å²) in [5.41, 5.74) is 1.13. The monoisotopic (exact) mass is 312 g/mol. The van der Waals surface area contributed by atoms with Crippen LogP contribution in [-0.4, -0.2) is 23.9 Å². The molecule has 20 heavy (non-hydrogen) atoms. The van der Waals surface area contributed by atoms with Crippen molar-refractivity contribution >= 4 is 23.2 Å². The number of rotatable bonds is 5. The Labute approximate surface area is 127 Å². The summed E-state index contributed by atoms with van der Waals surface area (Å²) in [6.07, 6.45) is 1.66. The molecule has 1 aliphatic rings. The second-order valence-electron chi connectivity index (χ2n) is 4.94. The Kier molecular flexibility index (Phi) is 3.96. The molecule has 0 bridgehead atoms. The summed E-state index contributed by atoms with van der Waals surface area (Å²) >= 11 is 12.1. The van der Waals surface area contributed by atoms with E-state index in [2.05, 4.69) is 10.1 Å². The van der Waals surface area contributed by atoms with Crippen molar-refractivity contribution in [1.82, 2.24) is 10.1 Å². The summed E-state index contributed by atoms with van der Waals surface area (Å²) in [6.45, 7) is 0.594. The lowest BCUT2D eigenvalue weighted by molar-refractivity contribution is 0.199. The van der Waals surface area contributed by atoms with Gasteiger partial charge in [-0.05, 0) is 36.1 Å². The van der Waals surface area contributed by atoms with E-state index in [0.717, 1.165) is 12.0 Å². The van der Waals surface area contributed by atoms with E-state index in [0.29, 0.717) is 40.7 Å². The van der Waals surface area contributed by atoms with Gasteiger partial charge in [-0.2, -0.15) is 4.98 Å². The zero-order valence-corrected chi connectivity index (χ0v) is 12.5. The minimum absolute atomic E-state index is 0.272. The molecule has 1 aromatic carbocycles. The van der Waals surface area contributed by atoms with Crippen molar-refractivity contribution in [2.75, 3.05) is 13.7 Å². The fourth-order valence-electron chi connectivity index (χ4n) is 2.34. The molecule has 106 valence electrons. The maximum absolute atomic E-state index is 6.03. The van der Waals surface area contributed by atoms with E-state index in [1.54, 1.807) is 13.2 Å². The molecule has 4 nitrogen and oxygen atoms in total. The van der Waals surface area contributed by atoms with Crippen LogP contribution in [0.5, 0.6) is 0 Å². The molecule has 1 heterocycles. The highest BCUT2D eigenvalue weighted by atomic mass is 35.5. The van der Waals surface area contributed by atoms with Crippen LogP contribution in [0.4, 0.5) is 0 Å². The van der Waals surface area contributed by atoms with Crippen molar-refractivity contribution in [3.8, 4) is 0 Å². The molecule has 1 aromatic heterocycles. The van der Waals surface area contributed by atoms with Gasteiger partial charge >= 0.3 is 0 Å². The third-order valence-electron chi connectivity index (χ3n) is 3.43. The molecule has 0 unspecified atom stereocenters. The van der Waals surface area contributed by atoms with Gasteiger partial charge in [-0.15, -0.1) is 0 Å². The Morgan fingerprint density at radius 2 is 2.00 bits per heavy atom. The van der Waals surface area contributed by atoms with Crippen molar-refractivity contribution in [3.05, 3.63) is 45.5 Å². The Morgan fingerprint density at radius 3 is 2.70 bits per heavy atom. The van der Waals surface area contributed by atoms with Crippen LogP contribution in [0.1, 0.15) is 35.5 Å². The predicted octanol–water partition coefficient (Wildman–Crippen LogP) is 3.84. The molecular formula is C14H14Cl2N2O2. The molecule has 0 N–H and O–H groups in total. The van der Waals surface area contributed by atoms with E-state index in [1.807, 2.05) is 12.1 Å². The normalized spacial score (nSPS) is 21.1. The van der Waals surface area contributed by atoms with E-state index in [-0.39, 0.29) is 5.92 Å². The molecule has 1 fully saturated rings. The van der Waals surface area contributed by atoms with Gasteiger partial charge in [0.2, 0.25) is 5.89 Å². The van der Waals surface area contributed by atoms with Gasteiger partial charge in [0.1, 0.15) is 0 Å². The van der Waals surface area contributed by atoms with E-state index in [4.69, 9.17) is 32.5 Å². The lowest BCUT2D eigenvalue weighted by Gasteiger charge is -2.01. The molecule has 0 aliphatic heterocycles. The Morgan fingerprint density at radius 1 is 1.25 bits per heavy atom. The topological polar surface area (TPSA) is 48.2 Å². The van der Waals surface area contributed by atoms with Gasteiger partial charge in [0.15, 0.2) is 5.82 Å². The lowest BCUT2D eigenvalue weighted by atomic mass is 10.1. The van der Waals surface area contributed by atoms with Crippen LogP contribution in [0.3, 0.4) is 0 Å². The number of hydrogen-bond donors (Lipinski definition) is 0. The van der Waals surface area contributed by atoms with Gasteiger partial charge in [0.05, 0.1) is 6.61 Å². The molecule has 6 heteroatoms. The number of methoxy groups -OCH3 is 1. The second kappa shape index (κ2) is 5.72. The van der Waals surface area contributed by atoms with E-state index in [9.17, 15) is 0 Å². The van der Waals surface area contributed by atoms with Crippen LogP contribution in [0.2, 0.25) is 10.0 Å². The van der Waals surface area contributed by atoms with Crippen molar-refractivity contribution in [2.24, 2.45) is 0 Å². The molecule has 3 rings (SSSR count). The Balaban J connectivity index is 1.70. The first-order chi connectivity index (χ1) is 9.67. The molecule has 1 aliphatic carbocycles. The van der Waals surface area contributed by atoms with Crippen LogP contribution in [0.25, 0.3) is 0 Å². The highest BCUT2D eigenvalue weighted by molar-refractivity contribution is 6.34. The van der Waals surface area contributed by atoms with Crippen molar-refractivity contribution in [2.45, 2.75) is 24.7 Å². The Bertz CT molecular complexity index is 595. The van der Waals surface area contributed by atoms with Gasteiger partial charge < -0.3 is 9.26 Å². The minimum Gasteiger partial charge on any atom is -0.384 e. The number of nitrogens with zero attached hydrogens (tertiary/aromatic N) is 2. The maximum atomic E-state index is 6.03. The summed E-state index contributed by atoms with van der Waals surface area (Å²) in [4.78, 5) is 4.41. The highest BCUT2D eigenvalue weighted by Crippen LogP contribution is 2.54. The first-order valence-corrected chi connectivity index (χ1v) is 7.20. The molecule has 0 amide bonds. The fraction of sp³-hybridized carbons (Fsp3) is 0.429. The summed E-state index contributed by atoms with van der Waals surface area (Å²) in [7, 11) is 1.65. The van der Waals surface area contributed by atoms with Gasteiger partial charge in [-0.3, -0.25) is 0 Å². The molecular weight excluding hydrogens is 299 g/mol. The van der Waals surface area contributed by atoms with Crippen LogP contribution >= 0.6 is 23.2 Å². The first kappa shape index (κ1) is 13.9. The third kappa shape index (κ3) is 2.97. The van der Waals surface area contributed by atoms with E-state index >= 15 is 0 Å². The molecule has 0 saturated heterocycles. The van der Waals surface area contributed by atoms with Crippen molar-refractivity contribution in [3.63, 3.8) is 0 Å². The van der Waals surface area contributed by atoms with Crippen molar-refractivity contribution in [1.29, 1.82) is 0 Å². The van der Waals surface area contributed by atoms with E-state index < -0.39 is 0 Å². The smallest absolute Gasteiger partial charge is 0.230 e. The SMILES string of the molecule is COCCc1noc([C@H]2C[C@H]2c2cc(Cl)cc(Cl)c2)n1. The summed E-state index contributed by atoms with van der Waals surface area (Å²) in [5.74, 6) is 2.02. The summed E-state index contributed by atoms with van der Waals surface area (Å²) < 4.78 is 10.3. The highest BCUT2D eigenvalue weighted by Gasteiger charge is 2.43. The number of hydrogen-bond acceptors (Lipinski definition) is 4. The van der Waals surface area contributed by atoms with Crippen molar-refractivity contribution < 1.29 is 9.26 Å². The predicted molar refractivity (Wildman–Crippen MR) is 76.4 cm³/mol. The lowest BCUT2D eigenvalue weighted by Crippen LogP contribution is -1.96. The number of ether oxygens (including phenoxy) is 1. The minimum atomic E-state index is 0.272. The van der Waals surface area contributed by atoms with Gasteiger partial charge in [-0.1, -0.05) is 28.4 Å². The fourth-order valence-corrected chi connectivity index (χ4v) is 2.88. The van der Waals surface area contributed by atoms with Crippen LogP contribution in [0, 0.1) is 0 Å². The summed E-state index contributed by atoms with van der Waals surface area (Å²) in [5, 5.41) is 5.27. The number of halogens is 2. The van der Waals surface area contributed by atoms with Gasteiger partial charge in [-0.25, -0.2) is 0 Å². The zero-order valence-electron chi connectivity index (χ0n) is 11.0. The molecule has 2 aromatic rings.